The van der Waals surface area contributed by atoms with E-state index in [9.17, 15) is 9.59 Å². The Morgan fingerprint density at radius 3 is 2.88 bits per heavy atom. The first-order valence-electron chi connectivity index (χ1n) is 8.59. The third kappa shape index (κ3) is 3.05. The first-order chi connectivity index (χ1) is 11.7. The average molecular weight is 349 g/mol. The number of nitrogens with one attached hydrogen (secondary N) is 2. The van der Waals surface area contributed by atoms with E-state index in [4.69, 9.17) is 0 Å². The zero-order valence-corrected chi connectivity index (χ0v) is 14.5. The van der Waals surface area contributed by atoms with E-state index in [1.165, 1.54) is 24.2 Å². The molecule has 3 aliphatic rings. The molecule has 1 unspecified atom stereocenters. The van der Waals surface area contributed by atoms with Crippen molar-refractivity contribution in [2.45, 2.75) is 31.8 Å². The Balaban J connectivity index is 1.42. The van der Waals surface area contributed by atoms with Gasteiger partial charge in [-0.15, -0.1) is 11.3 Å². The van der Waals surface area contributed by atoms with E-state index in [0.29, 0.717) is 18.0 Å². The summed E-state index contributed by atoms with van der Waals surface area (Å²) in [5, 5.41) is 9.13. The predicted octanol–water partition coefficient (Wildman–Crippen LogP) is 0.639. The van der Waals surface area contributed by atoms with E-state index < -0.39 is 0 Å². The number of aromatic nitrogens is 1. The number of thiazole rings is 1. The van der Waals surface area contributed by atoms with Gasteiger partial charge in [0.1, 0.15) is 5.01 Å². The number of hydrogen-bond acceptors (Lipinski definition) is 6. The van der Waals surface area contributed by atoms with Gasteiger partial charge >= 0.3 is 6.03 Å². The number of piperidine rings is 1. The van der Waals surface area contributed by atoms with Crippen molar-refractivity contribution < 1.29 is 9.59 Å². The van der Waals surface area contributed by atoms with E-state index in [-0.39, 0.29) is 18.5 Å². The van der Waals surface area contributed by atoms with Crippen LogP contribution < -0.4 is 10.6 Å². The molecule has 2 aliphatic heterocycles. The second-order valence-electron chi connectivity index (χ2n) is 6.93. The van der Waals surface area contributed by atoms with E-state index in [2.05, 4.69) is 20.5 Å². The molecular formula is C16H23N5O2S. The van der Waals surface area contributed by atoms with Crippen LogP contribution in [0.2, 0.25) is 0 Å². The summed E-state index contributed by atoms with van der Waals surface area (Å²) in [5.41, 5.74) is 0.430. The molecule has 1 atom stereocenters. The largest absolute Gasteiger partial charge is 0.329 e. The van der Waals surface area contributed by atoms with Crippen molar-refractivity contribution in [3.8, 4) is 0 Å². The standard InChI is InChI=1S/C16H23N5O2S/c22-14-10-19-15(23)21(14)7-6-20(11-13-18-5-8-24-13)12-9-16(12)1-3-17-4-2-16/h5,8,12,17H,1-4,6-7,9-11H2,(H,19,23). The lowest BCUT2D eigenvalue weighted by atomic mass is 9.93. The van der Waals surface area contributed by atoms with Gasteiger partial charge in [0.2, 0.25) is 5.91 Å². The first kappa shape index (κ1) is 16.0. The third-order valence-electron chi connectivity index (χ3n) is 5.56. The Morgan fingerprint density at radius 1 is 1.38 bits per heavy atom. The van der Waals surface area contributed by atoms with Gasteiger partial charge in [-0.2, -0.15) is 0 Å². The fourth-order valence-electron chi connectivity index (χ4n) is 4.06. The maximum Gasteiger partial charge on any atom is 0.324 e. The Morgan fingerprint density at radius 2 is 2.21 bits per heavy atom. The summed E-state index contributed by atoms with van der Waals surface area (Å²) in [6, 6.07) is 0.283. The van der Waals surface area contributed by atoms with Gasteiger partial charge in [-0.1, -0.05) is 0 Å². The molecule has 0 bridgehead atoms. The van der Waals surface area contributed by atoms with Crippen molar-refractivity contribution in [3.63, 3.8) is 0 Å². The van der Waals surface area contributed by atoms with Crippen LogP contribution in [0.4, 0.5) is 4.79 Å². The molecule has 3 amide bonds. The smallest absolute Gasteiger partial charge is 0.324 e. The number of amides is 3. The molecule has 24 heavy (non-hydrogen) atoms. The van der Waals surface area contributed by atoms with Crippen molar-refractivity contribution in [1.29, 1.82) is 0 Å². The van der Waals surface area contributed by atoms with Crippen LogP contribution >= 0.6 is 11.3 Å². The summed E-state index contributed by atoms with van der Waals surface area (Å²) < 4.78 is 0. The summed E-state index contributed by atoms with van der Waals surface area (Å²) in [6.45, 7) is 4.30. The Bertz CT molecular complexity index is 598. The normalized spacial score (nSPS) is 25.5. The zero-order valence-electron chi connectivity index (χ0n) is 13.7. The highest BCUT2D eigenvalue weighted by atomic mass is 32.1. The molecule has 1 spiro atoms. The second-order valence-corrected chi connectivity index (χ2v) is 7.91. The van der Waals surface area contributed by atoms with Crippen molar-refractivity contribution in [2.75, 3.05) is 32.7 Å². The SMILES string of the molecule is O=C1CNC(=O)N1CCN(Cc1nccs1)C1CC12CCNCC2. The number of carbonyl (C=O) groups is 2. The minimum absolute atomic E-state index is 0.124. The lowest BCUT2D eigenvalue weighted by molar-refractivity contribution is -0.125. The molecule has 3 fully saturated rings. The highest BCUT2D eigenvalue weighted by Crippen LogP contribution is 2.55. The van der Waals surface area contributed by atoms with Crippen LogP contribution in [0.1, 0.15) is 24.3 Å². The lowest BCUT2D eigenvalue weighted by Crippen LogP contribution is -2.41. The number of hydrogen-bond donors (Lipinski definition) is 2. The minimum Gasteiger partial charge on any atom is -0.329 e. The summed E-state index contributed by atoms with van der Waals surface area (Å²) in [6.07, 6.45) is 5.49. The molecule has 2 saturated heterocycles. The maximum atomic E-state index is 11.8. The number of imide groups is 1. The van der Waals surface area contributed by atoms with Crippen molar-refractivity contribution in [2.24, 2.45) is 5.41 Å². The topological polar surface area (TPSA) is 77.6 Å². The van der Waals surface area contributed by atoms with Crippen molar-refractivity contribution >= 4 is 23.3 Å². The average Bonchev–Trinajstić information content (AvgIpc) is 2.93. The number of rotatable bonds is 6. The molecular weight excluding hydrogens is 326 g/mol. The van der Waals surface area contributed by atoms with Crippen LogP contribution in [0.5, 0.6) is 0 Å². The van der Waals surface area contributed by atoms with Gasteiger partial charge in [0.05, 0.1) is 13.1 Å². The molecule has 0 aromatic carbocycles. The van der Waals surface area contributed by atoms with Crippen LogP contribution in [-0.4, -0.2) is 65.5 Å². The quantitative estimate of drug-likeness (QED) is 0.737. The monoisotopic (exact) mass is 349 g/mol. The van der Waals surface area contributed by atoms with Crippen molar-refractivity contribution in [1.82, 2.24) is 25.4 Å². The molecule has 8 heteroatoms. The summed E-state index contributed by atoms with van der Waals surface area (Å²) in [5.74, 6) is -0.124. The van der Waals surface area contributed by atoms with Gasteiger partial charge in [-0.05, 0) is 37.8 Å². The summed E-state index contributed by atoms with van der Waals surface area (Å²) in [4.78, 5) is 31.7. The molecule has 1 saturated carbocycles. The number of urea groups is 1. The molecule has 4 rings (SSSR count). The number of nitrogens with zero attached hydrogens (tertiary/aromatic N) is 3. The second kappa shape index (κ2) is 6.42. The van der Waals surface area contributed by atoms with Gasteiger partial charge < -0.3 is 10.6 Å². The van der Waals surface area contributed by atoms with E-state index in [1.807, 2.05) is 11.6 Å². The molecule has 7 nitrogen and oxygen atoms in total. The lowest BCUT2D eigenvalue weighted by Gasteiger charge is -2.29. The Hall–Kier alpha value is -1.51. The highest BCUT2D eigenvalue weighted by Gasteiger charge is 2.56. The summed E-state index contributed by atoms with van der Waals surface area (Å²) >= 11 is 1.67. The third-order valence-corrected chi connectivity index (χ3v) is 6.32. The fourth-order valence-corrected chi connectivity index (χ4v) is 4.71. The molecule has 1 aromatic rings. The molecule has 3 heterocycles. The molecule has 1 aromatic heterocycles. The zero-order chi connectivity index (χ0) is 16.6. The molecule has 2 N–H and O–H groups in total. The molecule has 0 radical (unpaired) electrons. The van der Waals surface area contributed by atoms with E-state index in [0.717, 1.165) is 31.2 Å². The van der Waals surface area contributed by atoms with Crippen LogP contribution in [0.25, 0.3) is 0 Å². The van der Waals surface area contributed by atoms with Gasteiger partial charge in [-0.3, -0.25) is 14.6 Å². The maximum absolute atomic E-state index is 11.8. The molecule has 1 aliphatic carbocycles. The number of carbonyl (C=O) groups excluding carboxylic acids is 2. The Kier molecular flexibility index (Phi) is 4.28. The van der Waals surface area contributed by atoms with Gasteiger partial charge in [0.25, 0.3) is 0 Å². The van der Waals surface area contributed by atoms with Crippen molar-refractivity contribution in [3.05, 3.63) is 16.6 Å². The first-order valence-corrected chi connectivity index (χ1v) is 9.47. The minimum atomic E-state index is -0.262. The van der Waals surface area contributed by atoms with Gasteiger partial charge in [-0.25, -0.2) is 9.78 Å². The van der Waals surface area contributed by atoms with E-state index in [1.54, 1.807) is 11.3 Å². The van der Waals surface area contributed by atoms with Gasteiger partial charge in [0.15, 0.2) is 0 Å². The Labute approximate surface area is 145 Å². The van der Waals surface area contributed by atoms with E-state index >= 15 is 0 Å². The fraction of sp³-hybridized carbons (Fsp3) is 0.688. The van der Waals surface area contributed by atoms with Crippen LogP contribution in [0.3, 0.4) is 0 Å². The predicted molar refractivity (Wildman–Crippen MR) is 90.6 cm³/mol. The van der Waals surface area contributed by atoms with Crippen LogP contribution in [0.15, 0.2) is 11.6 Å². The summed E-state index contributed by atoms with van der Waals surface area (Å²) in [7, 11) is 0. The van der Waals surface area contributed by atoms with Crippen LogP contribution in [0, 0.1) is 5.41 Å². The highest BCUT2D eigenvalue weighted by molar-refractivity contribution is 7.09. The van der Waals surface area contributed by atoms with Gasteiger partial charge in [0, 0.05) is 30.7 Å². The van der Waals surface area contributed by atoms with Crippen LogP contribution in [-0.2, 0) is 11.3 Å². The molecule has 130 valence electrons.